The van der Waals surface area contributed by atoms with Gasteiger partial charge in [-0.05, 0) is 36.8 Å². The Morgan fingerprint density at radius 2 is 1.59 bits per heavy atom. The van der Waals surface area contributed by atoms with Crippen molar-refractivity contribution in [2.24, 2.45) is 0 Å². The zero-order chi connectivity index (χ0) is 24.3. The van der Waals surface area contributed by atoms with Gasteiger partial charge in [0.1, 0.15) is 27.5 Å². The van der Waals surface area contributed by atoms with Crippen LogP contribution in [0.5, 0.6) is 11.5 Å². The third-order valence-corrected chi connectivity index (χ3v) is 8.02. The molecule has 1 aromatic heterocycles. The number of methoxy groups -OCH3 is 2. The van der Waals surface area contributed by atoms with E-state index in [4.69, 9.17) is 9.47 Å². The van der Waals surface area contributed by atoms with Crippen LogP contribution in [0.4, 0.5) is 5.13 Å². The second-order valence-corrected chi connectivity index (χ2v) is 10.6. The van der Waals surface area contributed by atoms with E-state index in [0.717, 1.165) is 11.1 Å². The van der Waals surface area contributed by atoms with E-state index < -0.39 is 21.5 Å². The topological polar surface area (TPSA) is 85.8 Å². The smallest absolute Gasteiger partial charge is 0.244 e. The Hall–Kier alpha value is -3.43. The van der Waals surface area contributed by atoms with Gasteiger partial charge >= 0.3 is 0 Å². The van der Waals surface area contributed by atoms with E-state index in [-0.39, 0.29) is 11.4 Å². The number of amides is 1. The van der Waals surface area contributed by atoms with Crippen LogP contribution in [0.3, 0.4) is 0 Å². The number of hydrogen-bond acceptors (Lipinski definition) is 7. The average molecular weight is 497 g/mol. The minimum atomic E-state index is -3.84. The summed E-state index contributed by atoms with van der Waals surface area (Å²) in [5.41, 5.74) is 2.34. The SMILES string of the molecule is COc1ccc(OC)c2sc(N(Cc3ccccc3)C(=O)CS(=O)(=O)c3ccc(C)cc3)nc12. The summed E-state index contributed by atoms with van der Waals surface area (Å²) in [6.45, 7) is 2.05. The summed E-state index contributed by atoms with van der Waals surface area (Å²) in [6.07, 6.45) is 0. The molecule has 0 fully saturated rings. The van der Waals surface area contributed by atoms with E-state index in [2.05, 4.69) is 4.98 Å². The lowest BCUT2D eigenvalue weighted by atomic mass is 10.2. The Balaban J connectivity index is 1.75. The molecule has 0 spiro atoms. The molecule has 34 heavy (non-hydrogen) atoms. The van der Waals surface area contributed by atoms with Crippen LogP contribution in [0.25, 0.3) is 10.2 Å². The number of carbonyl (C=O) groups is 1. The molecule has 0 aliphatic heterocycles. The molecule has 4 aromatic rings. The van der Waals surface area contributed by atoms with Gasteiger partial charge in [0, 0.05) is 0 Å². The summed E-state index contributed by atoms with van der Waals surface area (Å²) in [5.74, 6) is -0.106. The first-order valence-corrected chi connectivity index (χ1v) is 12.9. The van der Waals surface area contributed by atoms with Gasteiger partial charge in [0.25, 0.3) is 0 Å². The number of fused-ring (bicyclic) bond motifs is 1. The minimum absolute atomic E-state index is 0.110. The van der Waals surface area contributed by atoms with E-state index in [9.17, 15) is 13.2 Å². The van der Waals surface area contributed by atoms with Gasteiger partial charge in [0.15, 0.2) is 15.0 Å². The fourth-order valence-corrected chi connectivity index (χ4v) is 5.78. The van der Waals surface area contributed by atoms with Crippen molar-refractivity contribution in [3.8, 4) is 11.5 Å². The lowest BCUT2D eigenvalue weighted by Crippen LogP contribution is -2.35. The first-order valence-electron chi connectivity index (χ1n) is 10.5. The van der Waals surface area contributed by atoms with Crippen molar-refractivity contribution in [1.82, 2.24) is 4.98 Å². The van der Waals surface area contributed by atoms with E-state index in [1.165, 1.54) is 28.4 Å². The molecule has 4 rings (SSSR count). The predicted octanol–water partition coefficient (Wildman–Crippen LogP) is 4.63. The second-order valence-electron chi connectivity index (χ2n) is 7.68. The number of anilines is 1. The van der Waals surface area contributed by atoms with E-state index >= 15 is 0 Å². The zero-order valence-electron chi connectivity index (χ0n) is 19.0. The molecule has 0 saturated heterocycles. The highest BCUT2D eigenvalue weighted by molar-refractivity contribution is 7.92. The molecule has 3 aromatic carbocycles. The van der Waals surface area contributed by atoms with Crippen LogP contribution < -0.4 is 14.4 Å². The van der Waals surface area contributed by atoms with Crippen molar-refractivity contribution < 1.29 is 22.7 Å². The largest absolute Gasteiger partial charge is 0.495 e. The normalized spacial score (nSPS) is 11.4. The molecule has 0 N–H and O–H groups in total. The minimum Gasteiger partial charge on any atom is -0.495 e. The van der Waals surface area contributed by atoms with Gasteiger partial charge in [-0.25, -0.2) is 13.4 Å². The van der Waals surface area contributed by atoms with E-state index in [1.807, 2.05) is 37.3 Å². The Bertz CT molecular complexity index is 1370. The first kappa shape index (κ1) is 23.7. The van der Waals surface area contributed by atoms with E-state index in [0.29, 0.717) is 26.8 Å². The van der Waals surface area contributed by atoms with Crippen molar-refractivity contribution in [2.45, 2.75) is 18.4 Å². The number of nitrogens with zero attached hydrogens (tertiary/aromatic N) is 2. The van der Waals surface area contributed by atoms with Crippen molar-refractivity contribution in [1.29, 1.82) is 0 Å². The van der Waals surface area contributed by atoms with Crippen molar-refractivity contribution in [2.75, 3.05) is 24.9 Å². The molecular weight excluding hydrogens is 472 g/mol. The summed E-state index contributed by atoms with van der Waals surface area (Å²) in [6, 6.07) is 19.4. The van der Waals surface area contributed by atoms with Gasteiger partial charge in [0.2, 0.25) is 5.91 Å². The molecule has 0 aliphatic carbocycles. The standard InChI is InChI=1S/C25H24N2O5S2/c1-17-9-11-19(12-10-17)34(29,30)16-22(28)27(15-18-7-5-4-6-8-18)25-26-23-20(31-2)13-14-21(32-3)24(23)33-25/h4-14H,15-16H2,1-3H3. The van der Waals surface area contributed by atoms with Crippen molar-refractivity contribution in [3.63, 3.8) is 0 Å². The second kappa shape index (κ2) is 9.82. The lowest BCUT2D eigenvalue weighted by molar-refractivity contribution is -0.116. The van der Waals surface area contributed by atoms with Crippen molar-refractivity contribution >= 4 is 42.4 Å². The summed E-state index contributed by atoms with van der Waals surface area (Å²) in [7, 11) is -0.741. The van der Waals surface area contributed by atoms with Crippen LogP contribution >= 0.6 is 11.3 Å². The molecule has 0 unspecified atom stereocenters. The Labute approximate surface area is 202 Å². The molecule has 0 aliphatic rings. The van der Waals surface area contributed by atoms with Gasteiger partial charge in [-0.1, -0.05) is 59.4 Å². The molecule has 7 nitrogen and oxygen atoms in total. The van der Waals surface area contributed by atoms with Crippen LogP contribution in [0, 0.1) is 6.92 Å². The third-order valence-electron chi connectivity index (χ3n) is 5.31. The summed E-state index contributed by atoms with van der Waals surface area (Å²) in [4.78, 5) is 19.6. The molecule has 1 heterocycles. The number of carbonyl (C=O) groups excluding carboxylic acids is 1. The molecular formula is C25H24N2O5S2. The number of ether oxygens (including phenoxy) is 2. The summed E-state index contributed by atoms with van der Waals surface area (Å²) in [5, 5.41) is 0.366. The molecule has 1 amide bonds. The maximum absolute atomic E-state index is 13.4. The van der Waals surface area contributed by atoms with Crippen LogP contribution in [0.1, 0.15) is 11.1 Å². The molecule has 9 heteroatoms. The fourth-order valence-electron chi connectivity index (χ4n) is 3.49. The summed E-state index contributed by atoms with van der Waals surface area (Å²) >= 11 is 1.25. The van der Waals surface area contributed by atoms with E-state index in [1.54, 1.807) is 38.5 Å². The van der Waals surface area contributed by atoms with Crippen LogP contribution in [0.2, 0.25) is 0 Å². The number of hydrogen-bond donors (Lipinski definition) is 0. The number of rotatable bonds is 8. The highest BCUT2D eigenvalue weighted by Crippen LogP contribution is 2.40. The maximum atomic E-state index is 13.4. The first-order chi connectivity index (χ1) is 16.3. The highest BCUT2D eigenvalue weighted by Gasteiger charge is 2.28. The number of benzene rings is 3. The Morgan fingerprint density at radius 1 is 0.941 bits per heavy atom. The molecule has 0 bridgehead atoms. The highest BCUT2D eigenvalue weighted by atomic mass is 32.2. The van der Waals surface area contributed by atoms with Crippen LogP contribution in [-0.4, -0.2) is 39.3 Å². The Kier molecular flexibility index (Phi) is 6.85. The fraction of sp³-hybridized carbons (Fsp3) is 0.200. The summed E-state index contributed by atoms with van der Waals surface area (Å²) < 4.78 is 37.6. The van der Waals surface area contributed by atoms with Crippen LogP contribution in [-0.2, 0) is 21.2 Å². The number of thiazole rings is 1. The number of aromatic nitrogens is 1. The van der Waals surface area contributed by atoms with Gasteiger partial charge in [-0.15, -0.1) is 0 Å². The quantitative estimate of drug-likeness (QED) is 0.354. The zero-order valence-corrected chi connectivity index (χ0v) is 20.7. The van der Waals surface area contributed by atoms with Gasteiger partial charge < -0.3 is 9.47 Å². The van der Waals surface area contributed by atoms with Gasteiger partial charge in [0.05, 0.1) is 25.7 Å². The number of sulfone groups is 1. The predicted molar refractivity (Wildman–Crippen MR) is 134 cm³/mol. The molecule has 0 atom stereocenters. The monoisotopic (exact) mass is 496 g/mol. The van der Waals surface area contributed by atoms with Crippen LogP contribution in [0.15, 0.2) is 71.6 Å². The molecule has 176 valence electrons. The van der Waals surface area contributed by atoms with Gasteiger partial charge in [-0.3, -0.25) is 9.69 Å². The Morgan fingerprint density at radius 3 is 2.24 bits per heavy atom. The number of aryl methyl sites for hydroxylation is 1. The lowest BCUT2D eigenvalue weighted by Gasteiger charge is -2.20. The molecule has 0 saturated carbocycles. The third kappa shape index (κ3) is 4.90. The average Bonchev–Trinajstić information content (AvgIpc) is 3.27. The van der Waals surface area contributed by atoms with Gasteiger partial charge in [-0.2, -0.15) is 0 Å². The maximum Gasteiger partial charge on any atom is 0.244 e. The van der Waals surface area contributed by atoms with Crippen molar-refractivity contribution in [3.05, 3.63) is 77.9 Å². The molecule has 0 radical (unpaired) electrons.